The summed E-state index contributed by atoms with van der Waals surface area (Å²) >= 11 is 0. The van der Waals surface area contributed by atoms with Gasteiger partial charge in [0.15, 0.2) is 0 Å². The van der Waals surface area contributed by atoms with Crippen molar-refractivity contribution in [2.45, 2.75) is 19.4 Å². The van der Waals surface area contributed by atoms with Crippen molar-refractivity contribution in [2.75, 3.05) is 13.7 Å². The molecule has 21 heavy (non-hydrogen) atoms. The number of nitro groups is 1. The molecule has 1 amide bonds. The van der Waals surface area contributed by atoms with Crippen molar-refractivity contribution in [3.8, 4) is 0 Å². The summed E-state index contributed by atoms with van der Waals surface area (Å²) in [5, 5.41) is 22.1. The van der Waals surface area contributed by atoms with E-state index >= 15 is 0 Å². The largest absolute Gasteiger partial charge is 0.480 e. The number of hydrogen-bond donors (Lipinski definition) is 2. The number of amides is 1. The molecule has 0 aliphatic heterocycles. The van der Waals surface area contributed by atoms with Crippen LogP contribution in [0, 0.1) is 17.0 Å². The molecule has 0 aliphatic rings. The lowest BCUT2D eigenvalue weighted by atomic mass is 10.1. The first-order chi connectivity index (χ1) is 9.85. The van der Waals surface area contributed by atoms with Crippen molar-refractivity contribution in [3.63, 3.8) is 0 Å². The van der Waals surface area contributed by atoms with E-state index in [-0.39, 0.29) is 24.3 Å². The van der Waals surface area contributed by atoms with Crippen molar-refractivity contribution in [3.05, 3.63) is 39.4 Å². The number of nitro benzene ring substituents is 1. The fourth-order valence-corrected chi connectivity index (χ4v) is 1.73. The SMILES string of the molecule is COCCC(NC(=O)c1cc(C)cc([N+](=O)[O-])c1)C(=O)O. The van der Waals surface area contributed by atoms with Gasteiger partial charge in [-0.1, -0.05) is 0 Å². The number of hydrogen-bond acceptors (Lipinski definition) is 5. The number of benzene rings is 1. The van der Waals surface area contributed by atoms with Crippen molar-refractivity contribution in [1.82, 2.24) is 5.32 Å². The summed E-state index contributed by atoms with van der Waals surface area (Å²) in [7, 11) is 1.42. The number of methoxy groups -OCH3 is 1. The Morgan fingerprint density at radius 2 is 2.10 bits per heavy atom. The maximum Gasteiger partial charge on any atom is 0.326 e. The highest BCUT2D eigenvalue weighted by atomic mass is 16.6. The van der Waals surface area contributed by atoms with Crippen LogP contribution in [0.2, 0.25) is 0 Å². The molecule has 1 rings (SSSR count). The van der Waals surface area contributed by atoms with Crippen LogP contribution in [0.25, 0.3) is 0 Å². The predicted octanol–water partition coefficient (Wildman–Crippen LogP) is 1.12. The average molecular weight is 296 g/mol. The lowest BCUT2D eigenvalue weighted by Gasteiger charge is -2.14. The van der Waals surface area contributed by atoms with Crippen LogP contribution in [0.3, 0.4) is 0 Å². The molecule has 0 heterocycles. The minimum atomic E-state index is -1.19. The summed E-state index contributed by atoms with van der Waals surface area (Å²) in [5.41, 5.74) is 0.368. The fourth-order valence-electron chi connectivity index (χ4n) is 1.73. The molecule has 8 heteroatoms. The van der Waals surface area contributed by atoms with Crippen molar-refractivity contribution < 1.29 is 24.4 Å². The van der Waals surface area contributed by atoms with E-state index in [0.29, 0.717) is 5.56 Å². The van der Waals surface area contributed by atoms with Gasteiger partial charge in [0.25, 0.3) is 11.6 Å². The highest BCUT2D eigenvalue weighted by molar-refractivity contribution is 5.97. The molecule has 8 nitrogen and oxygen atoms in total. The van der Waals surface area contributed by atoms with Gasteiger partial charge in [0.05, 0.1) is 4.92 Å². The van der Waals surface area contributed by atoms with Gasteiger partial charge in [0.1, 0.15) is 6.04 Å². The Morgan fingerprint density at radius 3 is 2.62 bits per heavy atom. The van der Waals surface area contributed by atoms with E-state index in [4.69, 9.17) is 9.84 Å². The second kappa shape index (κ2) is 7.34. The van der Waals surface area contributed by atoms with Crippen LogP contribution in [0.15, 0.2) is 18.2 Å². The van der Waals surface area contributed by atoms with Gasteiger partial charge >= 0.3 is 5.97 Å². The molecule has 0 aliphatic carbocycles. The second-order valence-corrected chi connectivity index (χ2v) is 4.46. The van der Waals surface area contributed by atoms with Crippen LogP contribution in [0.1, 0.15) is 22.3 Å². The van der Waals surface area contributed by atoms with Crippen LogP contribution in [-0.4, -0.2) is 41.7 Å². The molecule has 1 atom stereocenters. The number of carbonyl (C=O) groups is 2. The molecular formula is C13H16N2O6. The molecule has 0 bridgehead atoms. The molecule has 1 unspecified atom stereocenters. The lowest BCUT2D eigenvalue weighted by molar-refractivity contribution is -0.384. The quantitative estimate of drug-likeness (QED) is 0.575. The number of carbonyl (C=O) groups excluding carboxylic acids is 1. The molecular weight excluding hydrogens is 280 g/mol. The van der Waals surface area contributed by atoms with E-state index in [1.807, 2.05) is 0 Å². The Kier molecular flexibility index (Phi) is 5.79. The number of rotatable bonds is 7. The average Bonchev–Trinajstić information content (AvgIpc) is 2.42. The number of carboxylic acid groups (broad SMARTS) is 1. The fraction of sp³-hybridized carbons (Fsp3) is 0.385. The minimum absolute atomic E-state index is 0.0466. The summed E-state index contributed by atoms with van der Waals surface area (Å²) in [6.45, 7) is 1.79. The third kappa shape index (κ3) is 4.84. The highest BCUT2D eigenvalue weighted by Crippen LogP contribution is 2.16. The Balaban J connectivity index is 2.92. The molecule has 114 valence electrons. The normalized spacial score (nSPS) is 11.7. The molecule has 1 aromatic rings. The topological polar surface area (TPSA) is 119 Å². The van der Waals surface area contributed by atoms with Gasteiger partial charge in [-0.3, -0.25) is 14.9 Å². The number of aryl methyl sites for hydroxylation is 1. The van der Waals surface area contributed by atoms with Crippen LogP contribution in [0.4, 0.5) is 5.69 Å². The van der Waals surface area contributed by atoms with Gasteiger partial charge in [-0.25, -0.2) is 4.79 Å². The van der Waals surface area contributed by atoms with Crippen LogP contribution >= 0.6 is 0 Å². The van der Waals surface area contributed by atoms with E-state index in [0.717, 1.165) is 6.07 Å². The number of aliphatic carboxylic acids is 1. The predicted molar refractivity (Wildman–Crippen MR) is 73.2 cm³/mol. The first kappa shape index (κ1) is 16.6. The summed E-state index contributed by atoms with van der Waals surface area (Å²) in [4.78, 5) is 33.2. The van der Waals surface area contributed by atoms with Crippen LogP contribution in [-0.2, 0) is 9.53 Å². The second-order valence-electron chi connectivity index (χ2n) is 4.46. The van der Waals surface area contributed by atoms with E-state index in [1.165, 1.54) is 19.2 Å². The Morgan fingerprint density at radius 1 is 1.43 bits per heavy atom. The summed E-state index contributed by atoms with van der Waals surface area (Å²) in [6, 6.07) is 2.78. The maximum atomic E-state index is 12.0. The van der Waals surface area contributed by atoms with Crippen LogP contribution < -0.4 is 5.32 Å². The Labute approximate surface area is 120 Å². The van der Waals surface area contributed by atoms with E-state index in [2.05, 4.69) is 5.32 Å². The molecule has 1 aromatic carbocycles. The summed E-state index contributed by atoms with van der Waals surface area (Å²) in [6.07, 6.45) is 0.103. The molecule has 0 radical (unpaired) electrons. The molecule has 0 aromatic heterocycles. The Hall–Kier alpha value is -2.48. The van der Waals surface area contributed by atoms with Gasteiger partial charge in [0.2, 0.25) is 0 Å². The van der Waals surface area contributed by atoms with Crippen molar-refractivity contribution >= 4 is 17.6 Å². The van der Waals surface area contributed by atoms with Gasteiger partial charge in [-0.15, -0.1) is 0 Å². The number of non-ortho nitro benzene ring substituents is 1. The summed E-state index contributed by atoms with van der Waals surface area (Å²) in [5.74, 6) is -1.87. The van der Waals surface area contributed by atoms with Crippen LogP contribution in [0.5, 0.6) is 0 Å². The first-order valence-corrected chi connectivity index (χ1v) is 6.14. The molecule has 0 saturated heterocycles. The highest BCUT2D eigenvalue weighted by Gasteiger charge is 2.21. The first-order valence-electron chi connectivity index (χ1n) is 6.14. The lowest BCUT2D eigenvalue weighted by Crippen LogP contribution is -2.41. The number of nitrogens with zero attached hydrogens (tertiary/aromatic N) is 1. The molecule has 0 spiro atoms. The van der Waals surface area contributed by atoms with Gasteiger partial charge in [0, 0.05) is 37.8 Å². The molecule has 2 N–H and O–H groups in total. The summed E-state index contributed by atoms with van der Waals surface area (Å²) < 4.78 is 4.78. The monoisotopic (exact) mass is 296 g/mol. The van der Waals surface area contributed by atoms with E-state index < -0.39 is 22.8 Å². The van der Waals surface area contributed by atoms with Gasteiger partial charge < -0.3 is 15.2 Å². The number of carboxylic acids is 1. The molecule has 0 fully saturated rings. The zero-order valence-corrected chi connectivity index (χ0v) is 11.7. The zero-order chi connectivity index (χ0) is 16.0. The van der Waals surface area contributed by atoms with Crippen molar-refractivity contribution in [1.29, 1.82) is 0 Å². The third-order valence-corrected chi connectivity index (χ3v) is 2.75. The molecule has 0 saturated carbocycles. The number of ether oxygens (including phenoxy) is 1. The minimum Gasteiger partial charge on any atom is -0.480 e. The van der Waals surface area contributed by atoms with Crippen molar-refractivity contribution in [2.24, 2.45) is 0 Å². The van der Waals surface area contributed by atoms with E-state index in [1.54, 1.807) is 6.92 Å². The van der Waals surface area contributed by atoms with Gasteiger partial charge in [-0.2, -0.15) is 0 Å². The standard InChI is InChI=1S/C13H16N2O6/c1-8-5-9(7-10(6-8)15(19)20)12(16)14-11(13(17)18)3-4-21-2/h5-7,11H,3-4H2,1-2H3,(H,14,16)(H,17,18). The number of nitrogens with one attached hydrogen (secondary N) is 1. The van der Waals surface area contributed by atoms with Gasteiger partial charge in [-0.05, 0) is 18.6 Å². The third-order valence-electron chi connectivity index (χ3n) is 2.75. The Bertz CT molecular complexity index is 558. The smallest absolute Gasteiger partial charge is 0.326 e. The van der Waals surface area contributed by atoms with E-state index in [9.17, 15) is 19.7 Å². The zero-order valence-electron chi connectivity index (χ0n) is 11.7. The maximum absolute atomic E-state index is 12.0.